The molecule has 3 heterocycles. The number of carbonyl (C=O) groups is 1. The molecule has 0 aromatic carbocycles. The third-order valence-corrected chi connectivity index (χ3v) is 4.28. The SMILES string of the molecule is O=C(Cc1cccs1)Nc1ccc(N2CCCC2)cn1. The Kier molecular flexibility index (Phi) is 3.97. The van der Waals surface area contributed by atoms with E-state index >= 15 is 0 Å². The number of anilines is 2. The summed E-state index contributed by atoms with van der Waals surface area (Å²) >= 11 is 1.59. The maximum absolute atomic E-state index is 11.9. The van der Waals surface area contributed by atoms with Crippen molar-refractivity contribution < 1.29 is 4.79 Å². The first-order chi connectivity index (χ1) is 9.81. The van der Waals surface area contributed by atoms with Crippen molar-refractivity contribution in [2.24, 2.45) is 0 Å². The highest BCUT2D eigenvalue weighted by atomic mass is 32.1. The second-order valence-electron chi connectivity index (χ2n) is 4.90. The van der Waals surface area contributed by atoms with Crippen LogP contribution < -0.4 is 10.2 Å². The third kappa shape index (κ3) is 3.17. The third-order valence-electron chi connectivity index (χ3n) is 3.40. The van der Waals surface area contributed by atoms with Crippen molar-refractivity contribution in [3.05, 3.63) is 40.7 Å². The number of amides is 1. The summed E-state index contributed by atoms with van der Waals surface area (Å²) in [6.07, 6.45) is 4.75. The van der Waals surface area contributed by atoms with Crippen LogP contribution in [-0.2, 0) is 11.2 Å². The highest BCUT2D eigenvalue weighted by Crippen LogP contribution is 2.20. The largest absolute Gasteiger partial charge is 0.370 e. The number of pyridine rings is 1. The van der Waals surface area contributed by atoms with E-state index in [-0.39, 0.29) is 5.91 Å². The molecule has 0 bridgehead atoms. The monoisotopic (exact) mass is 287 g/mol. The number of thiophene rings is 1. The van der Waals surface area contributed by atoms with Crippen LogP contribution in [0.15, 0.2) is 35.8 Å². The lowest BCUT2D eigenvalue weighted by molar-refractivity contribution is -0.115. The standard InChI is InChI=1S/C15H17N3OS/c19-15(10-13-4-3-9-20-13)17-14-6-5-12(11-16-14)18-7-1-2-8-18/h3-6,9,11H,1-2,7-8,10H2,(H,16,17,19). The summed E-state index contributed by atoms with van der Waals surface area (Å²) in [6.45, 7) is 2.21. The van der Waals surface area contributed by atoms with Gasteiger partial charge in [-0.2, -0.15) is 0 Å². The minimum atomic E-state index is -0.0196. The first-order valence-electron chi connectivity index (χ1n) is 6.84. The molecule has 1 amide bonds. The molecule has 20 heavy (non-hydrogen) atoms. The van der Waals surface area contributed by atoms with Crippen molar-refractivity contribution in [3.8, 4) is 0 Å². The normalized spacial score (nSPS) is 14.5. The molecule has 1 N–H and O–H groups in total. The molecule has 2 aromatic heterocycles. The van der Waals surface area contributed by atoms with Gasteiger partial charge in [0.15, 0.2) is 0 Å². The maximum atomic E-state index is 11.9. The number of hydrogen-bond donors (Lipinski definition) is 1. The fourth-order valence-electron chi connectivity index (χ4n) is 2.38. The summed E-state index contributed by atoms with van der Waals surface area (Å²) in [5.74, 6) is 0.600. The lowest BCUT2D eigenvalue weighted by Gasteiger charge is -2.17. The second-order valence-corrected chi connectivity index (χ2v) is 5.93. The number of nitrogens with zero attached hydrogens (tertiary/aromatic N) is 2. The number of aromatic nitrogens is 1. The minimum absolute atomic E-state index is 0.0196. The molecular formula is C15H17N3OS. The van der Waals surface area contributed by atoms with Gasteiger partial charge in [0.25, 0.3) is 0 Å². The van der Waals surface area contributed by atoms with E-state index in [0.717, 1.165) is 23.7 Å². The highest BCUT2D eigenvalue weighted by molar-refractivity contribution is 7.10. The molecule has 1 fully saturated rings. The number of carbonyl (C=O) groups excluding carboxylic acids is 1. The first kappa shape index (κ1) is 13.1. The molecule has 0 spiro atoms. The average Bonchev–Trinajstić information content (AvgIpc) is 3.12. The van der Waals surface area contributed by atoms with Gasteiger partial charge in [-0.3, -0.25) is 4.79 Å². The van der Waals surface area contributed by atoms with Gasteiger partial charge in [-0.1, -0.05) is 6.07 Å². The van der Waals surface area contributed by atoms with Gasteiger partial charge in [-0.25, -0.2) is 4.98 Å². The highest BCUT2D eigenvalue weighted by Gasteiger charge is 2.12. The van der Waals surface area contributed by atoms with Gasteiger partial charge in [0.2, 0.25) is 5.91 Å². The smallest absolute Gasteiger partial charge is 0.230 e. The molecule has 104 valence electrons. The van der Waals surface area contributed by atoms with Crippen molar-refractivity contribution in [2.75, 3.05) is 23.3 Å². The number of nitrogens with one attached hydrogen (secondary N) is 1. The van der Waals surface area contributed by atoms with Crippen molar-refractivity contribution in [1.29, 1.82) is 0 Å². The van der Waals surface area contributed by atoms with Crippen LogP contribution >= 0.6 is 11.3 Å². The van der Waals surface area contributed by atoms with Gasteiger partial charge >= 0.3 is 0 Å². The lowest BCUT2D eigenvalue weighted by atomic mass is 10.3. The van der Waals surface area contributed by atoms with Crippen molar-refractivity contribution in [1.82, 2.24) is 4.98 Å². The summed E-state index contributed by atoms with van der Waals surface area (Å²) in [7, 11) is 0. The van der Waals surface area contributed by atoms with Crippen LogP contribution in [0.1, 0.15) is 17.7 Å². The van der Waals surface area contributed by atoms with E-state index in [2.05, 4.69) is 15.2 Å². The first-order valence-corrected chi connectivity index (χ1v) is 7.72. The van der Waals surface area contributed by atoms with Crippen LogP contribution in [0.5, 0.6) is 0 Å². The molecule has 0 unspecified atom stereocenters. The fraction of sp³-hybridized carbons (Fsp3) is 0.333. The van der Waals surface area contributed by atoms with Crippen LogP contribution in [0.4, 0.5) is 11.5 Å². The molecule has 1 saturated heterocycles. The van der Waals surface area contributed by atoms with E-state index in [9.17, 15) is 4.79 Å². The molecule has 5 heteroatoms. The zero-order valence-electron chi connectivity index (χ0n) is 11.2. The second kappa shape index (κ2) is 6.05. The Morgan fingerprint density at radius 2 is 2.15 bits per heavy atom. The summed E-state index contributed by atoms with van der Waals surface area (Å²) in [5.41, 5.74) is 1.14. The summed E-state index contributed by atoms with van der Waals surface area (Å²) < 4.78 is 0. The Hall–Kier alpha value is -1.88. The Labute approximate surface area is 122 Å². The zero-order chi connectivity index (χ0) is 13.8. The number of rotatable bonds is 4. The maximum Gasteiger partial charge on any atom is 0.230 e. The van der Waals surface area contributed by atoms with Gasteiger partial charge < -0.3 is 10.2 Å². The summed E-state index contributed by atoms with van der Waals surface area (Å²) in [6, 6.07) is 7.82. The Morgan fingerprint density at radius 1 is 1.30 bits per heavy atom. The van der Waals surface area contributed by atoms with E-state index in [4.69, 9.17) is 0 Å². The molecule has 2 aromatic rings. The van der Waals surface area contributed by atoms with Crippen molar-refractivity contribution >= 4 is 28.7 Å². The van der Waals surface area contributed by atoms with Crippen molar-refractivity contribution in [2.45, 2.75) is 19.3 Å². The molecule has 3 rings (SSSR count). The molecule has 0 aliphatic carbocycles. The zero-order valence-corrected chi connectivity index (χ0v) is 12.0. The van der Waals surface area contributed by atoms with Crippen molar-refractivity contribution in [3.63, 3.8) is 0 Å². The summed E-state index contributed by atoms with van der Waals surface area (Å²) in [4.78, 5) is 19.6. The Morgan fingerprint density at radius 3 is 2.80 bits per heavy atom. The lowest BCUT2D eigenvalue weighted by Crippen LogP contribution is -2.18. The fourth-order valence-corrected chi connectivity index (χ4v) is 3.08. The van der Waals surface area contributed by atoms with Gasteiger partial charge in [-0.05, 0) is 36.4 Å². The van der Waals surface area contributed by atoms with Crippen LogP contribution in [0.2, 0.25) is 0 Å². The molecule has 0 radical (unpaired) electrons. The minimum Gasteiger partial charge on any atom is -0.370 e. The van der Waals surface area contributed by atoms with Gasteiger partial charge in [0.05, 0.1) is 18.3 Å². The van der Waals surface area contributed by atoms with Crippen LogP contribution in [-0.4, -0.2) is 24.0 Å². The molecule has 0 saturated carbocycles. The van der Waals surface area contributed by atoms with Crippen LogP contribution in [0, 0.1) is 0 Å². The average molecular weight is 287 g/mol. The van der Waals surface area contributed by atoms with Gasteiger partial charge in [-0.15, -0.1) is 11.3 Å². The van der Waals surface area contributed by atoms with E-state index in [1.54, 1.807) is 11.3 Å². The molecule has 0 atom stereocenters. The number of hydrogen-bond acceptors (Lipinski definition) is 4. The van der Waals surface area contributed by atoms with Crippen LogP contribution in [0.25, 0.3) is 0 Å². The van der Waals surface area contributed by atoms with E-state index in [0.29, 0.717) is 12.2 Å². The molecule has 4 nitrogen and oxygen atoms in total. The van der Waals surface area contributed by atoms with Crippen LogP contribution in [0.3, 0.4) is 0 Å². The Bertz CT molecular complexity index is 559. The van der Waals surface area contributed by atoms with Gasteiger partial charge in [0, 0.05) is 18.0 Å². The van der Waals surface area contributed by atoms with E-state index in [1.807, 2.05) is 35.8 Å². The molecule has 1 aliphatic heterocycles. The quantitative estimate of drug-likeness (QED) is 0.940. The predicted molar refractivity (Wildman–Crippen MR) is 82.3 cm³/mol. The Balaban J connectivity index is 1.58. The predicted octanol–water partition coefficient (Wildman–Crippen LogP) is 2.92. The topological polar surface area (TPSA) is 45.2 Å². The van der Waals surface area contributed by atoms with Gasteiger partial charge in [0.1, 0.15) is 5.82 Å². The molecular weight excluding hydrogens is 270 g/mol. The summed E-state index contributed by atoms with van der Waals surface area (Å²) in [5, 5.41) is 4.81. The molecule has 1 aliphatic rings. The van der Waals surface area contributed by atoms with E-state index in [1.165, 1.54) is 12.8 Å². The van der Waals surface area contributed by atoms with E-state index < -0.39 is 0 Å².